The normalized spacial score (nSPS) is 21.9. The lowest BCUT2D eigenvalue weighted by Crippen LogP contribution is -2.54. The van der Waals surface area contributed by atoms with Crippen LogP contribution in [0.4, 0.5) is 10.1 Å². The molecule has 2 atom stereocenters. The Morgan fingerprint density at radius 3 is 2.56 bits per heavy atom. The Morgan fingerprint density at radius 1 is 1.19 bits per heavy atom. The summed E-state index contributed by atoms with van der Waals surface area (Å²) in [5, 5.41) is 18.5. The third-order valence-corrected chi connectivity index (χ3v) is 4.45. The zero-order valence-corrected chi connectivity index (χ0v) is 14.3. The number of ether oxygens (including phenoxy) is 2. The lowest BCUT2D eigenvalue weighted by Gasteiger charge is -2.34. The molecule has 2 fully saturated rings. The number of halogens is 1. The van der Waals surface area contributed by atoms with E-state index in [1.54, 1.807) is 0 Å². The zero-order valence-electron chi connectivity index (χ0n) is 14.3. The van der Waals surface area contributed by atoms with Crippen molar-refractivity contribution in [1.82, 2.24) is 4.90 Å². The Kier molecular flexibility index (Phi) is 5.68. The van der Waals surface area contributed by atoms with Crippen molar-refractivity contribution in [3.05, 3.63) is 29.6 Å². The molecule has 0 radical (unpaired) electrons. The van der Waals surface area contributed by atoms with Gasteiger partial charge in [-0.05, 0) is 18.2 Å². The summed E-state index contributed by atoms with van der Waals surface area (Å²) in [6.45, 7) is 1.48. The van der Waals surface area contributed by atoms with E-state index in [4.69, 9.17) is 14.6 Å². The van der Waals surface area contributed by atoms with Gasteiger partial charge < -0.3 is 29.5 Å². The quantitative estimate of drug-likeness (QED) is 0.719. The first-order chi connectivity index (χ1) is 12.9. The molecule has 27 heavy (non-hydrogen) atoms. The minimum atomic E-state index is -2.02. The summed E-state index contributed by atoms with van der Waals surface area (Å²) in [6.07, 6.45) is -3.59. The number of carbonyl (C=O) groups is 3. The second kappa shape index (κ2) is 7.99. The number of amides is 2. The molecule has 1 aromatic carbocycles. The number of aliphatic hydroxyl groups is 1. The van der Waals surface area contributed by atoms with Gasteiger partial charge in [0.15, 0.2) is 12.2 Å². The Balaban J connectivity index is 1.85. The average molecular weight is 382 g/mol. The van der Waals surface area contributed by atoms with Crippen molar-refractivity contribution in [1.29, 1.82) is 0 Å². The van der Waals surface area contributed by atoms with Crippen LogP contribution in [-0.2, 0) is 19.1 Å². The molecule has 9 nitrogen and oxygen atoms in total. The number of carboxylic acid groups (broad SMARTS) is 1. The Hall–Kier alpha value is -2.56. The summed E-state index contributed by atoms with van der Waals surface area (Å²) >= 11 is 0. The van der Waals surface area contributed by atoms with Crippen LogP contribution in [0.3, 0.4) is 0 Å². The van der Waals surface area contributed by atoms with Crippen molar-refractivity contribution in [3.8, 4) is 0 Å². The van der Waals surface area contributed by atoms with Crippen LogP contribution in [0.5, 0.6) is 0 Å². The Bertz CT molecular complexity index is 751. The number of morpholine rings is 2. The fraction of sp³-hybridized carbons (Fsp3) is 0.471. The molecular formula is C17H19FN2O7. The largest absolute Gasteiger partial charge is 0.479 e. The van der Waals surface area contributed by atoms with Gasteiger partial charge in [-0.1, -0.05) is 0 Å². The van der Waals surface area contributed by atoms with Gasteiger partial charge in [0.25, 0.3) is 11.8 Å². The highest BCUT2D eigenvalue weighted by Crippen LogP contribution is 2.24. The number of hydrogen-bond donors (Lipinski definition) is 2. The Labute approximate surface area is 153 Å². The second-order valence-electron chi connectivity index (χ2n) is 6.13. The van der Waals surface area contributed by atoms with E-state index in [0.717, 1.165) is 6.07 Å². The summed E-state index contributed by atoms with van der Waals surface area (Å²) < 4.78 is 24.5. The summed E-state index contributed by atoms with van der Waals surface area (Å²) in [5.74, 6) is -3.59. The third-order valence-electron chi connectivity index (χ3n) is 4.45. The van der Waals surface area contributed by atoms with E-state index < -0.39 is 35.8 Å². The highest BCUT2D eigenvalue weighted by atomic mass is 19.1. The maximum atomic E-state index is 14.2. The maximum absolute atomic E-state index is 14.2. The van der Waals surface area contributed by atoms with Crippen LogP contribution in [-0.4, -0.2) is 84.6 Å². The van der Waals surface area contributed by atoms with Gasteiger partial charge in [0.05, 0.1) is 25.4 Å². The monoisotopic (exact) mass is 382 g/mol. The van der Waals surface area contributed by atoms with E-state index in [0.29, 0.717) is 26.3 Å². The molecule has 2 aliphatic heterocycles. The van der Waals surface area contributed by atoms with E-state index in [2.05, 4.69) is 0 Å². The first kappa shape index (κ1) is 19.2. The van der Waals surface area contributed by atoms with E-state index in [1.165, 1.54) is 21.9 Å². The molecule has 2 aliphatic rings. The lowest BCUT2D eigenvalue weighted by molar-refractivity contribution is -0.163. The molecule has 0 bridgehead atoms. The van der Waals surface area contributed by atoms with Crippen molar-refractivity contribution >= 4 is 23.5 Å². The van der Waals surface area contributed by atoms with Crippen molar-refractivity contribution in [2.75, 3.05) is 44.4 Å². The van der Waals surface area contributed by atoms with Crippen LogP contribution in [0.2, 0.25) is 0 Å². The number of carbonyl (C=O) groups excluding carboxylic acids is 2. The van der Waals surface area contributed by atoms with E-state index >= 15 is 0 Å². The van der Waals surface area contributed by atoms with Crippen molar-refractivity contribution in [3.63, 3.8) is 0 Å². The van der Waals surface area contributed by atoms with Gasteiger partial charge in [-0.15, -0.1) is 0 Å². The van der Waals surface area contributed by atoms with Crippen LogP contribution in [0, 0.1) is 5.82 Å². The predicted molar refractivity (Wildman–Crippen MR) is 88.9 cm³/mol. The minimum Gasteiger partial charge on any atom is -0.479 e. The fourth-order valence-electron chi connectivity index (χ4n) is 3.00. The first-order valence-corrected chi connectivity index (χ1v) is 8.40. The summed E-state index contributed by atoms with van der Waals surface area (Å²) in [4.78, 5) is 38.7. The van der Waals surface area contributed by atoms with Gasteiger partial charge in [0.2, 0.25) is 0 Å². The molecule has 10 heteroatoms. The third kappa shape index (κ3) is 3.92. The Morgan fingerprint density at radius 2 is 1.89 bits per heavy atom. The van der Waals surface area contributed by atoms with Crippen LogP contribution >= 0.6 is 0 Å². The molecule has 3 rings (SSSR count). The van der Waals surface area contributed by atoms with Gasteiger partial charge in [0, 0.05) is 25.3 Å². The van der Waals surface area contributed by atoms with Gasteiger partial charge in [-0.3, -0.25) is 9.59 Å². The minimum absolute atomic E-state index is 0.00906. The molecule has 0 aliphatic carbocycles. The summed E-state index contributed by atoms with van der Waals surface area (Å²) in [5.41, 5.74) is 0.0351. The fourth-order valence-corrected chi connectivity index (χ4v) is 3.00. The van der Waals surface area contributed by atoms with Crippen LogP contribution in [0.25, 0.3) is 0 Å². The molecule has 146 valence electrons. The first-order valence-electron chi connectivity index (χ1n) is 8.40. The second-order valence-corrected chi connectivity index (χ2v) is 6.13. The molecule has 2 heterocycles. The maximum Gasteiger partial charge on any atom is 0.335 e. The predicted octanol–water partition coefficient (Wildman–Crippen LogP) is -0.525. The number of aliphatic carboxylic acids is 1. The van der Waals surface area contributed by atoms with Gasteiger partial charge >= 0.3 is 5.97 Å². The van der Waals surface area contributed by atoms with Crippen molar-refractivity contribution in [2.24, 2.45) is 0 Å². The van der Waals surface area contributed by atoms with Gasteiger partial charge in [-0.2, -0.15) is 0 Å². The number of hydrogen-bond acceptors (Lipinski definition) is 6. The molecule has 1 aromatic rings. The molecule has 0 saturated carbocycles. The summed E-state index contributed by atoms with van der Waals surface area (Å²) in [6, 6.07) is 3.65. The molecular weight excluding hydrogens is 363 g/mol. The standard InChI is InChI=1S/C17H19FN2O7/c18-12-2-1-10(9-11(12)15(22)19-3-6-26-7-4-19)20-5-8-27-14(16(20)23)13(21)17(24)25/h1-2,9,13-14,21H,3-8H2,(H,24,25)/t13?,14-/m1/s1. The smallest absolute Gasteiger partial charge is 0.335 e. The van der Waals surface area contributed by atoms with Crippen LogP contribution in [0.1, 0.15) is 10.4 Å². The number of rotatable bonds is 4. The van der Waals surface area contributed by atoms with Crippen molar-refractivity contribution in [2.45, 2.75) is 12.2 Å². The number of anilines is 1. The zero-order chi connectivity index (χ0) is 19.6. The highest BCUT2D eigenvalue weighted by molar-refractivity contribution is 6.02. The highest BCUT2D eigenvalue weighted by Gasteiger charge is 2.39. The summed E-state index contributed by atoms with van der Waals surface area (Å²) in [7, 11) is 0. The van der Waals surface area contributed by atoms with E-state index in [9.17, 15) is 23.9 Å². The van der Waals surface area contributed by atoms with E-state index in [-0.39, 0.29) is 24.4 Å². The van der Waals surface area contributed by atoms with Crippen LogP contribution < -0.4 is 4.90 Å². The molecule has 0 aromatic heterocycles. The molecule has 2 N–H and O–H groups in total. The molecule has 1 unspecified atom stereocenters. The topological polar surface area (TPSA) is 117 Å². The SMILES string of the molecule is O=C(O)C(O)[C@H]1OCCN(c2ccc(F)c(C(=O)N3CCOCC3)c2)C1=O. The number of nitrogens with zero attached hydrogens (tertiary/aromatic N) is 2. The molecule has 2 saturated heterocycles. The molecule has 2 amide bonds. The van der Waals surface area contributed by atoms with Crippen molar-refractivity contribution < 1.29 is 38.5 Å². The van der Waals surface area contributed by atoms with E-state index in [1.807, 2.05) is 0 Å². The van der Waals surface area contributed by atoms with Gasteiger partial charge in [0.1, 0.15) is 5.82 Å². The number of aliphatic hydroxyl groups excluding tert-OH is 1. The van der Waals surface area contributed by atoms with Crippen LogP contribution in [0.15, 0.2) is 18.2 Å². The van der Waals surface area contributed by atoms with Gasteiger partial charge in [-0.25, -0.2) is 9.18 Å². The average Bonchev–Trinajstić information content (AvgIpc) is 2.68. The number of carboxylic acids is 1. The molecule has 0 spiro atoms. The number of benzene rings is 1. The lowest BCUT2D eigenvalue weighted by atomic mass is 10.1.